The lowest BCUT2D eigenvalue weighted by atomic mass is 10.2. The quantitative estimate of drug-likeness (QED) is 0.213. The molecule has 0 aromatic carbocycles. The summed E-state index contributed by atoms with van der Waals surface area (Å²) in [5.74, 6) is -0.532. The van der Waals surface area contributed by atoms with Crippen LogP contribution in [0.15, 0.2) is 48.6 Å². The van der Waals surface area contributed by atoms with Gasteiger partial charge in [0.05, 0.1) is 13.2 Å². The minimum atomic E-state index is -0.918. The Balaban J connectivity index is 3.45. The van der Waals surface area contributed by atoms with Crippen LogP contribution >= 0.6 is 0 Å². The van der Waals surface area contributed by atoms with Gasteiger partial charge in [0.25, 0.3) is 0 Å². The fraction of sp³-hybridized carbons (Fsp3) is 0.609. The smallest absolute Gasteiger partial charge is 0.325 e. The zero-order valence-corrected chi connectivity index (χ0v) is 17.0. The summed E-state index contributed by atoms with van der Waals surface area (Å²) in [4.78, 5) is 11.2. The Bertz CT molecular complexity index is 453. The number of ether oxygens (including phenoxy) is 1. The Kier molecular flexibility index (Phi) is 19.4. The number of allylic oxidation sites excluding steroid dienone is 8. The summed E-state index contributed by atoms with van der Waals surface area (Å²) in [5.41, 5.74) is 5.35. The molecule has 1 atom stereocenters. The number of carbonyl (C=O) groups excluding carboxylic acids is 1. The molecule has 0 radical (unpaired) electrons. The summed E-state index contributed by atoms with van der Waals surface area (Å²) in [6.07, 6.45) is 28.5. The molecule has 4 nitrogen and oxygen atoms in total. The number of hydrogen-bond donors (Lipinski definition) is 2. The Labute approximate surface area is 165 Å². The van der Waals surface area contributed by atoms with Gasteiger partial charge in [0.2, 0.25) is 0 Å². The zero-order chi connectivity index (χ0) is 20.0. The van der Waals surface area contributed by atoms with E-state index in [1.54, 1.807) is 0 Å². The van der Waals surface area contributed by atoms with E-state index in [0.717, 1.165) is 38.5 Å². The van der Waals surface area contributed by atoms with Crippen molar-refractivity contribution in [1.29, 1.82) is 0 Å². The molecule has 154 valence electrons. The van der Waals surface area contributed by atoms with Crippen molar-refractivity contribution in [2.24, 2.45) is 5.73 Å². The van der Waals surface area contributed by atoms with Crippen LogP contribution in [0.25, 0.3) is 0 Å². The Morgan fingerprint density at radius 3 is 1.81 bits per heavy atom. The average molecular weight is 378 g/mol. The van der Waals surface area contributed by atoms with Crippen LogP contribution in [-0.4, -0.2) is 30.3 Å². The predicted octanol–water partition coefficient (Wildman–Crippen LogP) is 4.99. The van der Waals surface area contributed by atoms with Crippen LogP contribution in [0.5, 0.6) is 0 Å². The van der Waals surface area contributed by atoms with E-state index in [9.17, 15) is 4.79 Å². The maximum atomic E-state index is 11.2. The van der Waals surface area contributed by atoms with Gasteiger partial charge in [0.15, 0.2) is 0 Å². The molecule has 0 rings (SSSR count). The average Bonchev–Trinajstić information content (AvgIpc) is 2.68. The van der Waals surface area contributed by atoms with Gasteiger partial charge in [0, 0.05) is 0 Å². The topological polar surface area (TPSA) is 72.5 Å². The van der Waals surface area contributed by atoms with Gasteiger partial charge < -0.3 is 15.6 Å². The highest BCUT2D eigenvalue weighted by molar-refractivity contribution is 5.75. The molecule has 0 aliphatic heterocycles. The van der Waals surface area contributed by atoms with Crippen molar-refractivity contribution in [3.8, 4) is 0 Å². The number of esters is 1. The summed E-state index contributed by atoms with van der Waals surface area (Å²) in [5, 5.41) is 8.72. The van der Waals surface area contributed by atoms with Crippen molar-refractivity contribution in [2.45, 2.75) is 77.2 Å². The Morgan fingerprint density at radius 1 is 0.852 bits per heavy atom. The third kappa shape index (κ3) is 18.9. The largest absolute Gasteiger partial charge is 0.464 e. The molecule has 0 aliphatic rings. The molecule has 0 saturated carbocycles. The molecular weight excluding hydrogens is 338 g/mol. The van der Waals surface area contributed by atoms with Gasteiger partial charge in [-0.2, -0.15) is 0 Å². The van der Waals surface area contributed by atoms with E-state index in [2.05, 4.69) is 55.5 Å². The van der Waals surface area contributed by atoms with Crippen molar-refractivity contribution in [1.82, 2.24) is 0 Å². The Hall–Kier alpha value is -1.65. The molecule has 0 aromatic heterocycles. The molecule has 0 aliphatic carbocycles. The van der Waals surface area contributed by atoms with Crippen LogP contribution in [0.1, 0.15) is 71.1 Å². The van der Waals surface area contributed by atoms with E-state index in [4.69, 9.17) is 15.6 Å². The summed E-state index contributed by atoms with van der Waals surface area (Å²) in [7, 11) is 0. The minimum absolute atomic E-state index is 0.362. The summed E-state index contributed by atoms with van der Waals surface area (Å²) < 4.78 is 4.95. The van der Waals surface area contributed by atoms with Crippen molar-refractivity contribution in [3.05, 3.63) is 48.6 Å². The van der Waals surface area contributed by atoms with Gasteiger partial charge in [-0.3, -0.25) is 4.79 Å². The molecule has 0 heterocycles. The lowest BCUT2D eigenvalue weighted by Crippen LogP contribution is -2.35. The molecule has 0 saturated heterocycles. The number of aliphatic hydroxyl groups excluding tert-OH is 1. The van der Waals surface area contributed by atoms with Crippen molar-refractivity contribution >= 4 is 5.97 Å². The molecule has 0 unspecified atom stereocenters. The molecule has 4 heteroatoms. The lowest BCUT2D eigenvalue weighted by molar-refractivity contribution is -0.146. The molecular formula is C23H39NO3. The van der Waals surface area contributed by atoms with E-state index >= 15 is 0 Å². The molecule has 0 bridgehead atoms. The van der Waals surface area contributed by atoms with Crippen LogP contribution < -0.4 is 5.73 Å². The molecule has 0 aromatic rings. The lowest BCUT2D eigenvalue weighted by Gasteiger charge is -2.07. The predicted molar refractivity (Wildman–Crippen MR) is 114 cm³/mol. The number of nitrogens with two attached hydrogens (primary N) is 1. The third-order valence-corrected chi connectivity index (χ3v) is 3.97. The third-order valence-electron chi connectivity index (χ3n) is 3.97. The van der Waals surface area contributed by atoms with Crippen molar-refractivity contribution in [3.63, 3.8) is 0 Å². The number of rotatable bonds is 17. The molecule has 0 amide bonds. The maximum Gasteiger partial charge on any atom is 0.325 e. The van der Waals surface area contributed by atoms with E-state index < -0.39 is 12.0 Å². The van der Waals surface area contributed by atoms with Gasteiger partial charge in [0.1, 0.15) is 6.04 Å². The SMILES string of the molecule is CCCCC/C=C\C/C=C\C/C=C\C/C=C\CCCCOC(=O)[C@@H](N)CO. The van der Waals surface area contributed by atoms with E-state index in [0.29, 0.717) is 6.61 Å². The second-order valence-corrected chi connectivity index (χ2v) is 6.54. The van der Waals surface area contributed by atoms with Gasteiger partial charge in [-0.05, 0) is 51.4 Å². The highest BCUT2D eigenvalue weighted by Crippen LogP contribution is 2.01. The molecule has 3 N–H and O–H groups in total. The Morgan fingerprint density at radius 2 is 1.33 bits per heavy atom. The fourth-order valence-electron chi connectivity index (χ4n) is 2.28. The van der Waals surface area contributed by atoms with E-state index in [-0.39, 0.29) is 6.61 Å². The van der Waals surface area contributed by atoms with Crippen LogP contribution in [-0.2, 0) is 9.53 Å². The number of unbranched alkanes of at least 4 members (excludes halogenated alkanes) is 5. The van der Waals surface area contributed by atoms with E-state index in [1.165, 1.54) is 25.7 Å². The highest BCUT2D eigenvalue weighted by Gasteiger charge is 2.12. The zero-order valence-electron chi connectivity index (χ0n) is 17.0. The van der Waals surface area contributed by atoms with Crippen molar-refractivity contribution < 1.29 is 14.6 Å². The second kappa shape index (κ2) is 20.7. The first-order valence-corrected chi connectivity index (χ1v) is 10.3. The van der Waals surface area contributed by atoms with Gasteiger partial charge in [-0.15, -0.1) is 0 Å². The fourth-order valence-corrected chi connectivity index (χ4v) is 2.28. The minimum Gasteiger partial charge on any atom is -0.464 e. The van der Waals surface area contributed by atoms with Crippen LogP contribution in [0.2, 0.25) is 0 Å². The monoisotopic (exact) mass is 377 g/mol. The first-order valence-electron chi connectivity index (χ1n) is 10.3. The van der Waals surface area contributed by atoms with Crippen molar-refractivity contribution in [2.75, 3.05) is 13.2 Å². The second-order valence-electron chi connectivity index (χ2n) is 6.54. The van der Waals surface area contributed by atoms with Crippen LogP contribution in [0, 0.1) is 0 Å². The summed E-state index contributed by atoms with van der Waals surface area (Å²) in [6, 6.07) is -0.918. The standard InChI is InChI=1S/C23H39NO3/c1-2-3-4-5-6-7-8-9-10-11-12-13-14-15-16-17-18-19-20-27-23(26)22(24)21-25/h6-7,9-10,12-13,15-16,22,25H,2-5,8,11,14,17-21,24H2,1H3/b7-6-,10-9-,13-12-,16-15-/t22-/m0/s1. The number of hydrogen-bond acceptors (Lipinski definition) is 4. The van der Waals surface area contributed by atoms with E-state index in [1.807, 2.05) is 0 Å². The maximum absolute atomic E-state index is 11.2. The van der Waals surface area contributed by atoms with Crippen LogP contribution in [0.4, 0.5) is 0 Å². The highest BCUT2D eigenvalue weighted by atomic mass is 16.5. The normalized spacial score (nSPS) is 13.4. The number of carbonyl (C=O) groups is 1. The van der Waals surface area contributed by atoms with Gasteiger partial charge in [-0.1, -0.05) is 68.4 Å². The number of aliphatic hydroxyl groups is 1. The summed E-state index contributed by atoms with van der Waals surface area (Å²) >= 11 is 0. The van der Waals surface area contributed by atoms with Gasteiger partial charge >= 0.3 is 5.97 Å². The molecule has 0 spiro atoms. The molecule has 0 fully saturated rings. The van der Waals surface area contributed by atoms with Crippen LogP contribution in [0.3, 0.4) is 0 Å². The van der Waals surface area contributed by atoms with Gasteiger partial charge in [-0.25, -0.2) is 0 Å². The summed E-state index contributed by atoms with van der Waals surface area (Å²) in [6.45, 7) is 2.22. The molecule has 27 heavy (non-hydrogen) atoms. The first kappa shape index (κ1) is 25.4. The first-order chi connectivity index (χ1) is 13.2.